The Hall–Kier alpha value is -4.24. The van der Waals surface area contributed by atoms with Crippen LogP contribution in [0.15, 0.2) is 66.9 Å². The Kier molecular flexibility index (Phi) is 8.31. The van der Waals surface area contributed by atoms with Gasteiger partial charge in [0.2, 0.25) is 5.95 Å². The van der Waals surface area contributed by atoms with Gasteiger partial charge in [-0.25, -0.2) is 4.98 Å². The van der Waals surface area contributed by atoms with E-state index in [0.29, 0.717) is 28.6 Å². The van der Waals surface area contributed by atoms with Gasteiger partial charge in [-0.3, -0.25) is 9.89 Å². The first-order valence-corrected chi connectivity index (χ1v) is 10.8. The highest BCUT2D eigenvalue weighted by Crippen LogP contribution is 2.24. The fraction of sp³-hybridized carbons (Fsp3) is 0.200. The average molecular weight is 460 g/mol. The Morgan fingerprint density at radius 3 is 2.38 bits per heavy atom. The second kappa shape index (κ2) is 11.6. The molecule has 0 spiro atoms. The van der Waals surface area contributed by atoms with E-state index in [-0.39, 0.29) is 12.5 Å². The molecule has 2 aromatic carbocycles. The van der Waals surface area contributed by atoms with Crippen LogP contribution in [-0.2, 0) is 6.42 Å². The van der Waals surface area contributed by atoms with Gasteiger partial charge in [0.25, 0.3) is 5.91 Å². The number of carbonyl (C=O) groups is 1. The van der Waals surface area contributed by atoms with Crippen molar-refractivity contribution < 1.29 is 9.90 Å². The average Bonchev–Trinajstić information content (AvgIpc) is 3.26. The van der Waals surface area contributed by atoms with E-state index in [1.54, 1.807) is 44.6 Å². The predicted molar refractivity (Wildman–Crippen MR) is 134 cm³/mol. The molecule has 4 aromatic rings. The van der Waals surface area contributed by atoms with Gasteiger partial charge < -0.3 is 21.1 Å². The number of aliphatic hydroxyl groups excluding tert-OH is 1. The Balaban J connectivity index is 0.000000302. The van der Waals surface area contributed by atoms with Gasteiger partial charge in [0, 0.05) is 43.8 Å². The number of rotatable bonds is 6. The van der Waals surface area contributed by atoms with Gasteiger partial charge in [-0.2, -0.15) is 10.1 Å². The number of aromatic nitrogens is 4. The number of anilines is 3. The van der Waals surface area contributed by atoms with Crippen LogP contribution in [0.2, 0.25) is 0 Å². The number of amides is 1. The maximum Gasteiger partial charge on any atom is 0.253 e. The lowest BCUT2D eigenvalue weighted by Gasteiger charge is -2.11. The van der Waals surface area contributed by atoms with Crippen molar-refractivity contribution in [3.63, 3.8) is 0 Å². The van der Waals surface area contributed by atoms with Crippen molar-refractivity contribution in [2.24, 2.45) is 0 Å². The van der Waals surface area contributed by atoms with E-state index < -0.39 is 0 Å². The van der Waals surface area contributed by atoms with Gasteiger partial charge in [-0.05, 0) is 49.2 Å². The number of H-pyrrole nitrogens is 1. The molecular weight excluding hydrogens is 430 g/mol. The van der Waals surface area contributed by atoms with E-state index in [2.05, 4.69) is 25.5 Å². The zero-order valence-electron chi connectivity index (χ0n) is 19.5. The first-order chi connectivity index (χ1) is 16.4. The molecule has 4 rings (SSSR count). The first-order valence-electron chi connectivity index (χ1n) is 10.8. The van der Waals surface area contributed by atoms with Crippen LogP contribution >= 0.6 is 0 Å². The largest absolute Gasteiger partial charge is 0.396 e. The molecule has 176 valence electrons. The van der Waals surface area contributed by atoms with E-state index in [0.717, 1.165) is 17.8 Å². The molecule has 0 unspecified atom stereocenters. The molecule has 9 heteroatoms. The van der Waals surface area contributed by atoms with Crippen molar-refractivity contribution in [1.82, 2.24) is 25.1 Å². The van der Waals surface area contributed by atoms with Crippen LogP contribution in [-0.4, -0.2) is 56.8 Å². The minimum Gasteiger partial charge on any atom is -0.396 e. The lowest BCUT2D eigenvalue weighted by molar-refractivity contribution is 0.0827. The Labute approximate surface area is 198 Å². The van der Waals surface area contributed by atoms with Crippen LogP contribution in [0.3, 0.4) is 0 Å². The second-order valence-corrected chi connectivity index (χ2v) is 7.79. The number of nitrogen functional groups attached to an aromatic ring is 1. The molecule has 0 saturated heterocycles. The molecular formula is C25H29N7O2. The van der Waals surface area contributed by atoms with Crippen molar-refractivity contribution in [3.8, 4) is 11.3 Å². The monoisotopic (exact) mass is 459 g/mol. The number of nitrogens with two attached hydrogens (primary N) is 1. The molecule has 1 amide bonds. The topological polar surface area (TPSA) is 133 Å². The van der Waals surface area contributed by atoms with Crippen LogP contribution in [0, 0.1) is 6.92 Å². The lowest BCUT2D eigenvalue weighted by Crippen LogP contribution is -2.21. The third-order valence-electron chi connectivity index (χ3n) is 4.84. The maximum atomic E-state index is 11.9. The quantitative estimate of drug-likeness (QED) is 0.347. The summed E-state index contributed by atoms with van der Waals surface area (Å²) in [5.74, 6) is 0.661. The summed E-state index contributed by atoms with van der Waals surface area (Å²) in [6.07, 6.45) is 2.39. The molecule has 0 saturated carbocycles. The standard InChI is InChI=1S/C17H19N7O.C8H10O/c1-10-8-14(23-22-10)13-9-19-17(21-15(13)18)20-12-6-4-11(5-7-12)16(25)24(2)3;9-7-6-8-4-2-1-3-5-8/h4-9H,1-3H3,(H,22,23)(H3,18,19,20,21);1-5,9H,6-7H2. The molecule has 2 aromatic heterocycles. The fourth-order valence-corrected chi connectivity index (χ4v) is 3.07. The lowest BCUT2D eigenvalue weighted by atomic mass is 10.2. The third-order valence-corrected chi connectivity index (χ3v) is 4.84. The van der Waals surface area contributed by atoms with Gasteiger partial charge in [0.05, 0.1) is 11.3 Å². The molecule has 0 atom stereocenters. The third kappa shape index (κ3) is 6.63. The molecule has 0 bridgehead atoms. The number of aryl methyl sites for hydroxylation is 1. The molecule has 0 radical (unpaired) electrons. The summed E-state index contributed by atoms with van der Waals surface area (Å²) in [6.45, 7) is 2.15. The first kappa shape index (κ1) is 24.4. The zero-order valence-corrected chi connectivity index (χ0v) is 19.5. The highest BCUT2D eigenvalue weighted by molar-refractivity contribution is 5.94. The number of nitrogens with zero attached hydrogens (tertiary/aromatic N) is 4. The number of aromatic amines is 1. The van der Waals surface area contributed by atoms with Crippen LogP contribution in [0.4, 0.5) is 17.5 Å². The number of hydrogen-bond donors (Lipinski definition) is 4. The smallest absolute Gasteiger partial charge is 0.253 e. The molecule has 2 heterocycles. The summed E-state index contributed by atoms with van der Waals surface area (Å²) in [5.41, 5.74) is 10.9. The summed E-state index contributed by atoms with van der Waals surface area (Å²) in [7, 11) is 3.43. The summed E-state index contributed by atoms with van der Waals surface area (Å²) in [4.78, 5) is 22.0. The van der Waals surface area contributed by atoms with Gasteiger partial charge in [0.15, 0.2) is 0 Å². The number of nitrogens with one attached hydrogen (secondary N) is 2. The SMILES string of the molecule is Cc1cc(-c2cnc(Nc3ccc(C(=O)N(C)C)cc3)nc2N)n[nH]1.OCCc1ccccc1. The maximum absolute atomic E-state index is 11.9. The Morgan fingerprint density at radius 1 is 1.12 bits per heavy atom. The molecule has 0 fully saturated rings. The number of aliphatic hydroxyl groups is 1. The Morgan fingerprint density at radius 2 is 1.82 bits per heavy atom. The van der Waals surface area contributed by atoms with Crippen LogP contribution in [0.5, 0.6) is 0 Å². The minimum absolute atomic E-state index is 0.0503. The van der Waals surface area contributed by atoms with E-state index in [1.165, 1.54) is 10.5 Å². The highest BCUT2D eigenvalue weighted by atomic mass is 16.3. The molecule has 5 N–H and O–H groups in total. The zero-order chi connectivity index (χ0) is 24.5. The molecule has 0 aliphatic rings. The Bertz CT molecular complexity index is 1210. The molecule has 0 aliphatic heterocycles. The van der Waals surface area contributed by atoms with E-state index >= 15 is 0 Å². The fourth-order valence-electron chi connectivity index (χ4n) is 3.07. The van der Waals surface area contributed by atoms with Gasteiger partial charge in [-0.1, -0.05) is 30.3 Å². The highest BCUT2D eigenvalue weighted by Gasteiger charge is 2.11. The van der Waals surface area contributed by atoms with Crippen molar-refractivity contribution in [2.45, 2.75) is 13.3 Å². The predicted octanol–water partition coefficient (Wildman–Crippen LogP) is 3.42. The van der Waals surface area contributed by atoms with Gasteiger partial charge >= 0.3 is 0 Å². The number of carbonyl (C=O) groups excluding carboxylic acids is 1. The molecule has 34 heavy (non-hydrogen) atoms. The van der Waals surface area contributed by atoms with Crippen molar-refractivity contribution in [3.05, 3.63) is 83.7 Å². The van der Waals surface area contributed by atoms with Gasteiger partial charge in [-0.15, -0.1) is 0 Å². The number of benzene rings is 2. The summed E-state index contributed by atoms with van der Waals surface area (Å²) < 4.78 is 0. The van der Waals surface area contributed by atoms with Gasteiger partial charge in [0.1, 0.15) is 5.82 Å². The van der Waals surface area contributed by atoms with E-state index in [9.17, 15) is 4.79 Å². The summed E-state index contributed by atoms with van der Waals surface area (Å²) >= 11 is 0. The van der Waals surface area contributed by atoms with Crippen molar-refractivity contribution in [2.75, 3.05) is 31.8 Å². The van der Waals surface area contributed by atoms with Crippen molar-refractivity contribution >= 4 is 23.4 Å². The number of hydrogen-bond acceptors (Lipinski definition) is 7. The van der Waals surface area contributed by atoms with Crippen molar-refractivity contribution in [1.29, 1.82) is 0 Å². The molecule has 0 aliphatic carbocycles. The summed E-state index contributed by atoms with van der Waals surface area (Å²) in [6, 6.07) is 18.9. The van der Waals surface area contributed by atoms with E-state index in [4.69, 9.17) is 10.8 Å². The molecule has 9 nitrogen and oxygen atoms in total. The normalized spacial score (nSPS) is 10.2. The van der Waals surface area contributed by atoms with Crippen LogP contribution < -0.4 is 11.1 Å². The van der Waals surface area contributed by atoms with Crippen LogP contribution in [0.25, 0.3) is 11.3 Å². The summed E-state index contributed by atoms with van der Waals surface area (Å²) in [5, 5.41) is 18.6. The van der Waals surface area contributed by atoms with Crippen LogP contribution in [0.1, 0.15) is 21.6 Å². The second-order valence-electron chi connectivity index (χ2n) is 7.79. The van der Waals surface area contributed by atoms with E-state index in [1.807, 2.05) is 43.3 Å². The minimum atomic E-state index is -0.0503.